The van der Waals surface area contributed by atoms with Gasteiger partial charge in [-0.15, -0.1) is 0 Å². The molecular weight excluding hydrogens is 358 g/mol. The molecule has 0 radical (unpaired) electrons. The van der Waals surface area contributed by atoms with Crippen LogP contribution in [0.5, 0.6) is 0 Å². The minimum Gasteiger partial charge on any atom is -0.350 e. The molecule has 0 bridgehead atoms. The van der Waals surface area contributed by atoms with E-state index in [4.69, 9.17) is 11.6 Å². The minimum absolute atomic E-state index is 0.153. The van der Waals surface area contributed by atoms with Crippen molar-refractivity contribution in [2.45, 2.75) is 40.2 Å². The third kappa shape index (κ3) is 4.95. The highest BCUT2D eigenvalue weighted by Crippen LogP contribution is 2.29. The van der Waals surface area contributed by atoms with Gasteiger partial charge in [0.15, 0.2) is 0 Å². The monoisotopic (exact) mass is 381 g/mol. The summed E-state index contributed by atoms with van der Waals surface area (Å²) in [7, 11) is 0. The lowest BCUT2D eigenvalue weighted by atomic mass is 10.1. The fourth-order valence-corrected chi connectivity index (χ4v) is 3.14. The van der Waals surface area contributed by atoms with Crippen LogP contribution < -0.4 is 10.6 Å². The molecular formula is C21H24ClN5. The third-order valence-corrected chi connectivity index (χ3v) is 4.16. The summed E-state index contributed by atoms with van der Waals surface area (Å²) < 4.78 is 0. The number of halogens is 1. The van der Waals surface area contributed by atoms with Crippen LogP contribution in [0.1, 0.15) is 31.9 Å². The largest absolute Gasteiger partial charge is 0.350 e. The molecule has 0 aliphatic heterocycles. The van der Waals surface area contributed by atoms with E-state index in [1.54, 1.807) is 12.4 Å². The van der Waals surface area contributed by atoms with Crippen molar-refractivity contribution in [3.05, 3.63) is 58.9 Å². The van der Waals surface area contributed by atoms with Crippen LogP contribution >= 0.6 is 11.6 Å². The number of hydrogen-bond acceptors (Lipinski definition) is 5. The molecule has 27 heavy (non-hydrogen) atoms. The van der Waals surface area contributed by atoms with Gasteiger partial charge in [-0.2, -0.15) is 4.98 Å². The molecule has 2 N–H and O–H groups in total. The molecule has 0 unspecified atom stereocenters. The van der Waals surface area contributed by atoms with Crippen LogP contribution in [-0.2, 0) is 0 Å². The lowest BCUT2D eigenvalue weighted by Gasteiger charge is -2.22. The fraction of sp³-hybridized carbons (Fsp3) is 0.286. The van der Waals surface area contributed by atoms with Gasteiger partial charge in [0.25, 0.3) is 0 Å². The van der Waals surface area contributed by atoms with Crippen molar-refractivity contribution in [3.8, 4) is 11.3 Å². The number of rotatable bonds is 4. The first-order valence-electron chi connectivity index (χ1n) is 8.83. The summed E-state index contributed by atoms with van der Waals surface area (Å²) in [5, 5.41) is 7.52. The molecule has 0 aliphatic rings. The maximum atomic E-state index is 6.16. The smallest absolute Gasteiger partial charge is 0.225 e. The summed E-state index contributed by atoms with van der Waals surface area (Å²) in [6.07, 6.45) is 3.52. The molecule has 5 nitrogen and oxygen atoms in total. The van der Waals surface area contributed by atoms with Gasteiger partial charge < -0.3 is 10.6 Å². The Bertz CT molecular complexity index is 926. The van der Waals surface area contributed by atoms with Crippen LogP contribution in [0, 0.1) is 13.8 Å². The molecule has 0 amide bonds. The molecule has 2 aromatic heterocycles. The lowest BCUT2D eigenvalue weighted by molar-refractivity contribution is 0.626. The Morgan fingerprint density at radius 3 is 2.15 bits per heavy atom. The summed E-state index contributed by atoms with van der Waals surface area (Å²) in [4.78, 5) is 13.4. The van der Waals surface area contributed by atoms with Crippen LogP contribution in [0.25, 0.3) is 11.3 Å². The lowest BCUT2D eigenvalue weighted by Crippen LogP contribution is -2.27. The van der Waals surface area contributed by atoms with Crippen molar-refractivity contribution in [1.29, 1.82) is 0 Å². The highest BCUT2D eigenvalue weighted by atomic mass is 35.5. The number of nitrogens with one attached hydrogen (secondary N) is 2. The average Bonchev–Trinajstić information content (AvgIpc) is 2.57. The van der Waals surface area contributed by atoms with Gasteiger partial charge in [-0.1, -0.05) is 11.6 Å². The van der Waals surface area contributed by atoms with Crippen molar-refractivity contribution < 1.29 is 0 Å². The zero-order chi connectivity index (χ0) is 19.6. The predicted molar refractivity (Wildman–Crippen MR) is 113 cm³/mol. The summed E-state index contributed by atoms with van der Waals surface area (Å²) in [6.45, 7) is 10.3. The van der Waals surface area contributed by atoms with Crippen molar-refractivity contribution in [2.75, 3.05) is 10.6 Å². The maximum Gasteiger partial charge on any atom is 0.225 e. The first kappa shape index (κ1) is 19.1. The van der Waals surface area contributed by atoms with Gasteiger partial charge in [-0.3, -0.25) is 4.98 Å². The van der Waals surface area contributed by atoms with Gasteiger partial charge >= 0.3 is 0 Å². The zero-order valence-corrected chi connectivity index (χ0v) is 17.0. The van der Waals surface area contributed by atoms with E-state index in [0.717, 1.165) is 38.9 Å². The standard InChI is InChI=1S/C21H24ClN5/c1-13-10-16(22)11-14(2)19(13)25-18-12-17(15-6-8-23-9-7-15)24-20(26-18)27-21(3,4)5/h6-12H,1-5H3,(H2,24,25,26,27). The van der Waals surface area contributed by atoms with Crippen LogP contribution in [0.2, 0.25) is 5.02 Å². The molecule has 2 heterocycles. The molecule has 0 atom stereocenters. The molecule has 6 heteroatoms. The molecule has 0 spiro atoms. The quantitative estimate of drug-likeness (QED) is 0.601. The highest BCUT2D eigenvalue weighted by molar-refractivity contribution is 6.30. The molecule has 0 saturated heterocycles. The van der Waals surface area contributed by atoms with E-state index >= 15 is 0 Å². The van der Waals surface area contributed by atoms with Crippen molar-refractivity contribution in [3.63, 3.8) is 0 Å². The van der Waals surface area contributed by atoms with E-state index in [9.17, 15) is 0 Å². The number of aryl methyl sites for hydroxylation is 2. The molecule has 0 fully saturated rings. The van der Waals surface area contributed by atoms with Gasteiger partial charge in [0.1, 0.15) is 5.82 Å². The van der Waals surface area contributed by atoms with Gasteiger partial charge in [-0.25, -0.2) is 4.98 Å². The SMILES string of the molecule is Cc1cc(Cl)cc(C)c1Nc1cc(-c2ccncc2)nc(NC(C)(C)C)n1. The van der Waals surface area contributed by atoms with Crippen LogP contribution in [0.3, 0.4) is 0 Å². The Balaban J connectivity index is 2.05. The first-order chi connectivity index (χ1) is 12.7. The van der Waals surface area contributed by atoms with Gasteiger partial charge in [0.05, 0.1) is 5.69 Å². The number of pyridine rings is 1. The summed E-state index contributed by atoms with van der Waals surface area (Å²) in [5.74, 6) is 1.29. The third-order valence-electron chi connectivity index (χ3n) is 3.94. The van der Waals surface area contributed by atoms with Gasteiger partial charge in [-0.05, 0) is 70.0 Å². The summed E-state index contributed by atoms with van der Waals surface area (Å²) >= 11 is 6.16. The normalized spacial score (nSPS) is 11.3. The second-order valence-electron chi connectivity index (χ2n) is 7.61. The molecule has 1 aromatic carbocycles. The minimum atomic E-state index is -0.153. The van der Waals surface area contributed by atoms with E-state index in [2.05, 4.69) is 46.4 Å². The van der Waals surface area contributed by atoms with E-state index in [0.29, 0.717) is 5.95 Å². The fourth-order valence-electron chi connectivity index (χ4n) is 2.81. The van der Waals surface area contributed by atoms with E-state index in [-0.39, 0.29) is 5.54 Å². The zero-order valence-electron chi connectivity index (χ0n) is 16.3. The van der Waals surface area contributed by atoms with Crippen molar-refractivity contribution in [2.24, 2.45) is 0 Å². The Hall–Kier alpha value is -2.66. The van der Waals surface area contributed by atoms with E-state index in [1.165, 1.54) is 0 Å². The maximum absolute atomic E-state index is 6.16. The number of anilines is 3. The molecule has 0 saturated carbocycles. The predicted octanol–water partition coefficient (Wildman–Crippen LogP) is 5.76. The number of benzene rings is 1. The van der Waals surface area contributed by atoms with Crippen LogP contribution in [-0.4, -0.2) is 20.5 Å². The molecule has 0 aliphatic carbocycles. The Labute approximate surface area is 165 Å². The summed E-state index contributed by atoms with van der Waals surface area (Å²) in [5.41, 5.74) is 4.78. The van der Waals surface area contributed by atoms with Crippen LogP contribution in [0.4, 0.5) is 17.5 Å². The van der Waals surface area contributed by atoms with Gasteiger partial charge in [0, 0.05) is 40.3 Å². The number of aromatic nitrogens is 3. The van der Waals surface area contributed by atoms with Crippen molar-refractivity contribution in [1.82, 2.24) is 15.0 Å². The van der Waals surface area contributed by atoms with E-state index < -0.39 is 0 Å². The van der Waals surface area contributed by atoms with Gasteiger partial charge in [0.2, 0.25) is 5.95 Å². The average molecular weight is 382 g/mol. The van der Waals surface area contributed by atoms with E-state index in [1.807, 2.05) is 44.2 Å². The number of nitrogens with zero attached hydrogens (tertiary/aromatic N) is 3. The second-order valence-corrected chi connectivity index (χ2v) is 8.05. The molecule has 3 aromatic rings. The molecule has 140 valence electrons. The Morgan fingerprint density at radius 1 is 0.926 bits per heavy atom. The highest BCUT2D eigenvalue weighted by Gasteiger charge is 2.15. The van der Waals surface area contributed by atoms with Crippen LogP contribution in [0.15, 0.2) is 42.7 Å². The summed E-state index contributed by atoms with van der Waals surface area (Å²) in [6, 6.07) is 9.69. The topological polar surface area (TPSA) is 62.7 Å². The Morgan fingerprint density at radius 2 is 1.56 bits per heavy atom. The number of hydrogen-bond donors (Lipinski definition) is 2. The molecule has 3 rings (SSSR count). The first-order valence-corrected chi connectivity index (χ1v) is 9.20. The second kappa shape index (κ2) is 7.53. The van der Waals surface area contributed by atoms with Crippen molar-refractivity contribution >= 4 is 29.1 Å². The Kier molecular flexibility index (Phi) is 5.33.